The van der Waals surface area contributed by atoms with E-state index in [1.54, 1.807) is 49.7 Å². The van der Waals surface area contributed by atoms with Crippen molar-refractivity contribution in [1.29, 1.82) is 0 Å². The third-order valence-electron chi connectivity index (χ3n) is 7.35. The lowest BCUT2D eigenvalue weighted by Crippen LogP contribution is -2.63. The van der Waals surface area contributed by atoms with Gasteiger partial charge in [0.05, 0.1) is 17.9 Å². The number of aromatic nitrogens is 2. The minimum absolute atomic E-state index is 0.0661. The molecule has 0 spiro atoms. The summed E-state index contributed by atoms with van der Waals surface area (Å²) in [5.41, 5.74) is 4.30. The summed E-state index contributed by atoms with van der Waals surface area (Å²) >= 11 is 0. The number of allylic oxidation sites excluding steroid dienone is 1. The van der Waals surface area contributed by atoms with Gasteiger partial charge < -0.3 is 21.1 Å². The molecular formula is C25H24N4O6. The lowest BCUT2D eigenvalue weighted by molar-refractivity contribution is -0.148. The predicted octanol–water partition coefficient (Wildman–Crippen LogP) is 0.872. The number of benzene rings is 1. The van der Waals surface area contributed by atoms with Gasteiger partial charge in [-0.3, -0.25) is 29.3 Å². The number of hydrogen-bond donors (Lipinski definition) is 4. The summed E-state index contributed by atoms with van der Waals surface area (Å²) in [7, 11) is 3.22. The molecule has 0 saturated heterocycles. The van der Waals surface area contributed by atoms with E-state index in [1.165, 1.54) is 0 Å². The average molecular weight is 476 g/mol. The Labute approximate surface area is 200 Å². The third kappa shape index (κ3) is 3.06. The SMILES string of the molecule is CN(C)[C@@H]1C(O)=C(C(N)=O)C(=O)[C@@]2(O)C(O)=C3C(=O)c4cccc(-c5cnccn5)c4C[C@H]3C[C@@H]12. The number of nitrogens with zero attached hydrogens (tertiary/aromatic N) is 3. The van der Waals surface area contributed by atoms with Crippen LogP contribution in [-0.2, 0) is 16.0 Å². The van der Waals surface area contributed by atoms with Gasteiger partial charge >= 0.3 is 0 Å². The van der Waals surface area contributed by atoms with Crippen LogP contribution in [0.25, 0.3) is 11.3 Å². The van der Waals surface area contributed by atoms with Crippen molar-refractivity contribution in [1.82, 2.24) is 14.9 Å². The number of ketones is 2. The van der Waals surface area contributed by atoms with Gasteiger partial charge in [-0.05, 0) is 38.4 Å². The zero-order valence-electron chi connectivity index (χ0n) is 19.1. The maximum Gasteiger partial charge on any atom is 0.255 e. The molecule has 1 aromatic carbocycles. The minimum Gasteiger partial charge on any atom is -0.510 e. The van der Waals surface area contributed by atoms with Crippen molar-refractivity contribution in [3.63, 3.8) is 0 Å². The van der Waals surface area contributed by atoms with E-state index in [0.717, 1.165) is 11.1 Å². The zero-order valence-corrected chi connectivity index (χ0v) is 19.1. The van der Waals surface area contributed by atoms with Crippen LogP contribution in [0.2, 0.25) is 0 Å². The molecule has 0 saturated carbocycles. The first-order chi connectivity index (χ1) is 16.6. The largest absolute Gasteiger partial charge is 0.510 e. The number of carbonyl (C=O) groups is 3. The Morgan fingerprint density at radius 2 is 1.89 bits per heavy atom. The molecule has 35 heavy (non-hydrogen) atoms. The highest BCUT2D eigenvalue weighted by Gasteiger charge is 2.63. The van der Waals surface area contributed by atoms with Gasteiger partial charge in [-0.1, -0.05) is 18.2 Å². The van der Waals surface area contributed by atoms with Crippen molar-refractivity contribution in [2.24, 2.45) is 17.6 Å². The van der Waals surface area contributed by atoms with Crippen LogP contribution in [0, 0.1) is 11.8 Å². The highest BCUT2D eigenvalue weighted by molar-refractivity contribution is 6.24. The zero-order chi connectivity index (χ0) is 25.2. The molecule has 2 aromatic rings. The first kappa shape index (κ1) is 22.9. The topological polar surface area (TPSA) is 167 Å². The predicted molar refractivity (Wildman–Crippen MR) is 123 cm³/mol. The van der Waals surface area contributed by atoms with Gasteiger partial charge in [0.15, 0.2) is 11.4 Å². The minimum atomic E-state index is -2.58. The summed E-state index contributed by atoms with van der Waals surface area (Å²) in [5, 5.41) is 33.7. The van der Waals surface area contributed by atoms with Gasteiger partial charge in [-0.25, -0.2) is 0 Å². The fraction of sp³-hybridized carbons (Fsp3) is 0.320. The van der Waals surface area contributed by atoms with Crippen LogP contribution in [0.1, 0.15) is 22.3 Å². The Kier molecular flexibility index (Phi) is 5.11. The number of fused-ring (bicyclic) bond motifs is 3. The number of primary amides is 1. The molecule has 1 aromatic heterocycles. The number of rotatable bonds is 3. The highest BCUT2D eigenvalue weighted by Crippen LogP contribution is 2.52. The number of Topliss-reactive ketones (excluding diaryl/α,β-unsaturated/α-hetero) is 2. The van der Waals surface area contributed by atoms with E-state index in [0.29, 0.717) is 17.7 Å². The number of carbonyl (C=O) groups excluding carboxylic acids is 3. The molecule has 3 aliphatic rings. The Bertz CT molecular complexity index is 1350. The van der Waals surface area contributed by atoms with Gasteiger partial charge in [-0.15, -0.1) is 0 Å². The third-order valence-corrected chi connectivity index (χ3v) is 7.35. The second-order valence-corrected chi connectivity index (χ2v) is 9.39. The smallest absolute Gasteiger partial charge is 0.255 e. The molecule has 5 N–H and O–H groups in total. The molecule has 3 aliphatic carbocycles. The molecule has 0 bridgehead atoms. The fourth-order valence-corrected chi connectivity index (χ4v) is 5.86. The molecule has 1 heterocycles. The molecule has 0 radical (unpaired) electrons. The summed E-state index contributed by atoms with van der Waals surface area (Å²) in [6.45, 7) is 0. The van der Waals surface area contributed by atoms with Crippen LogP contribution in [0.4, 0.5) is 0 Å². The van der Waals surface area contributed by atoms with Crippen molar-refractivity contribution in [2.75, 3.05) is 14.1 Å². The van der Waals surface area contributed by atoms with Crippen molar-refractivity contribution in [3.05, 3.63) is 70.6 Å². The van der Waals surface area contributed by atoms with E-state index < -0.39 is 58.0 Å². The summed E-state index contributed by atoms with van der Waals surface area (Å²) in [5.74, 6) is -5.86. The number of nitrogens with two attached hydrogens (primary N) is 1. The molecule has 180 valence electrons. The second kappa shape index (κ2) is 7.82. The van der Waals surface area contributed by atoms with Gasteiger partial charge in [0, 0.05) is 35.0 Å². The lowest BCUT2D eigenvalue weighted by atomic mass is 9.58. The quantitative estimate of drug-likeness (QED) is 0.470. The number of amides is 1. The molecular weight excluding hydrogens is 452 g/mol. The first-order valence-corrected chi connectivity index (χ1v) is 11.1. The van der Waals surface area contributed by atoms with E-state index >= 15 is 0 Å². The summed E-state index contributed by atoms with van der Waals surface area (Å²) < 4.78 is 0. The van der Waals surface area contributed by atoms with Gasteiger partial charge in [0.25, 0.3) is 5.91 Å². The van der Waals surface area contributed by atoms with Crippen LogP contribution in [0.3, 0.4) is 0 Å². The van der Waals surface area contributed by atoms with E-state index in [9.17, 15) is 29.7 Å². The summed E-state index contributed by atoms with van der Waals surface area (Å²) in [6, 6.07) is 4.16. The average Bonchev–Trinajstić information content (AvgIpc) is 2.81. The van der Waals surface area contributed by atoms with Crippen molar-refractivity contribution in [2.45, 2.75) is 24.5 Å². The lowest BCUT2D eigenvalue weighted by Gasteiger charge is -2.50. The maximum atomic E-state index is 13.6. The molecule has 0 aliphatic heterocycles. The molecule has 5 rings (SSSR count). The van der Waals surface area contributed by atoms with Crippen LogP contribution in [0.5, 0.6) is 0 Å². The Morgan fingerprint density at radius 3 is 2.51 bits per heavy atom. The second-order valence-electron chi connectivity index (χ2n) is 9.39. The van der Waals surface area contributed by atoms with Crippen molar-refractivity contribution >= 4 is 17.5 Å². The van der Waals surface area contributed by atoms with Gasteiger partial charge in [-0.2, -0.15) is 0 Å². The number of likely N-dealkylation sites (N-methyl/N-ethyl adjacent to an activating group) is 1. The van der Waals surface area contributed by atoms with Gasteiger partial charge in [0.2, 0.25) is 5.78 Å². The molecule has 4 atom stereocenters. The standard InChI is InChI=1S/C25H24N4O6/c1-29(2)19-15-9-11-8-14-12(16-10-27-6-7-28-16)4-3-5-13(14)20(30)17(11)22(32)25(15,35)23(33)18(21(19)31)24(26)34/h3-7,10-11,15,19,31-32,35H,8-9H2,1-2H3,(H2,26,34)/t11-,15-,19-,25-/m0/s1. The Hall–Kier alpha value is -3.89. The Balaban J connectivity index is 1.71. The number of hydrogen-bond acceptors (Lipinski definition) is 9. The summed E-state index contributed by atoms with van der Waals surface area (Å²) in [4.78, 5) is 48.9. The Morgan fingerprint density at radius 1 is 1.17 bits per heavy atom. The molecule has 0 unspecified atom stereocenters. The van der Waals surface area contributed by atoms with Crippen LogP contribution in [-0.4, -0.2) is 73.4 Å². The van der Waals surface area contributed by atoms with Gasteiger partial charge in [0.1, 0.15) is 17.1 Å². The van der Waals surface area contributed by atoms with E-state index in [1.807, 2.05) is 6.07 Å². The highest BCUT2D eigenvalue weighted by atomic mass is 16.3. The summed E-state index contributed by atoms with van der Waals surface area (Å²) in [6.07, 6.45) is 5.13. The van der Waals surface area contributed by atoms with E-state index in [-0.39, 0.29) is 12.0 Å². The monoisotopic (exact) mass is 476 g/mol. The molecule has 0 fully saturated rings. The normalized spacial score (nSPS) is 28.1. The number of aliphatic hydroxyl groups excluding tert-OH is 2. The van der Waals surface area contributed by atoms with Crippen molar-refractivity contribution in [3.8, 4) is 11.3 Å². The van der Waals surface area contributed by atoms with Crippen molar-refractivity contribution < 1.29 is 29.7 Å². The molecule has 1 amide bonds. The molecule has 10 nitrogen and oxygen atoms in total. The van der Waals surface area contributed by atoms with Crippen LogP contribution in [0.15, 0.2) is 59.5 Å². The first-order valence-electron chi connectivity index (χ1n) is 11.1. The molecule has 10 heteroatoms. The maximum absolute atomic E-state index is 13.6. The van der Waals surface area contributed by atoms with Crippen LogP contribution >= 0.6 is 0 Å². The fourth-order valence-electron chi connectivity index (χ4n) is 5.86. The van der Waals surface area contributed by atoms with E-state index in [2.05, 4.69) is 9.97 Å². The van der Waals surface area contributed by atoms with E-state index in [4.69, 9.17) is 5.73 Å². The van der Waals surface area contributed by atoms with Crippen LogP contribution < -0.4 is 5.73 Å². The number of aliphatic hydroxyl groups is 3.